The van der Waals surface area contributed by atoms with E-state index in [2.05, 4.69) is 18.0 Å². The molecule has 0 radical (unpaired) electrons. The van der Waals surface area contributed by atoms with Crippen LogP contribution in [0, 0.1) is 23.2 Å². The largest absolute Gasteiger partial charge is 0.335 e. The fourth-order valence-corrected chi connectivity index (χ4v) is 4.76. The second-order valence-electron chi connectivity index (χ2n) is 6.85. The molecule has 3 atom stereocenters. The lowest BCUT2D eigenvalue weighted by Crippen LogP contribution is -2.53. The monoisotopic (exact) mass is 345 g/mol. The summed E-state index contributed by atoms with van der Waals surface area (Å²) in [6, 6.07) is 3.77. The molecule has 1 aliphatic carbocycles. The zero-order valence-electron chi connectivity index (χ0n) is 14.2. The number of fused-ring (bicyclic) bond motifs is 1. The smallest absolute Gasteiger partial charge is 0.261 e. The summed E-state index contributed by atoms with van der Waals surface area (Å²) >= 11 is 1.31. The summed E-state index contributed by atoms with van der Waals surface area (Å²) < 4.78 is 0. The van der Waals surface area contributed by atoms with Crippen LogP contribution in [0.25, 0.3) is 0 Å². The van der Waals surface area contributed by atoms with Crippen molar-refractivity contribution >= 4 is 17.7 Å². The lowest BCUT2D eigenvalue weighted by atomic mass is 9.72. The fraction of sp³-hybridized carbons (Fsp3) is 0.611. The zero-order chi connectivity index (χ0) is 17.3. The molecule has 2 aliphatic rings. The van der Waals surface area contributed by atoms with Crippen molar-refractivity contribution in [2.75, 3.05) is 12.8 Å². The molecule has 1 aromatic rings. The predicted molar refractivity (Wildman–Crippen MR) is 94.1 cm³/mol. The lowest BCUT2D eigenvalue weighted by molar-refractivity contribution is 0.0216. The number of rotatable bonds is 2. The van der Waals surface area contributed by atoms with E-state index in [1.165, 1.54) is 30.7 Å². The first-order valence-electron chi connectivity index (χ1n) is 8.59. The summed E-state index contributed by atoms with van der Waals surface area (Å²) in [4.78, 5) is 30.0. The maximum Gasteiger partial charge on any atom is 0.261 e. The van der Waals surface area contributed by atoms with Gasteiger partial charge in [-0.3, -0.25) is 9.59 Å². The van der Waals surface area contributed by atoms with Crippen LogP contribution < -0.4 is 5.56 Å². The summed E-state index contributed by atoms with van der Waals surface area (Å²) in [5.74, 6) is 0.951. The molecule has 5 nitrogen and oxygen atoms in total. The number of likely N-dealkylation sites (tertiary alicyclic amines) is 1. The van der Waals surface area contributed by atoms with Crippen molar-refractivity contribution in [1.29, 1.82) is 5.26 Å². The van der Waals surface area contributed by atoms with Crippen LogP contribution in [-0.4, -0.2) is 34.6 Å². The van der Waals surface area contributed by atoms with Crippen molar-refractivity contribution in [1.82, 2.24) is 9.88 Å². The third-order valence-electron chi connectivity index (χ3n) is 5.56. The molecule has 0 bridgehead atoms. The number of H-pyrrole nitrogens is 1. The number of nitrogens with zero attached hydrogens (tertiary/aromatic N) is 2. The Morgan fingerprint density at radius 1 is 1.38 bits per heavy atom. The summed E-state index contributed by atoms with van der Waals surface area (Å²) in [5, 5.41) is 9.78. The molecule has 6 heteroatoms. The highest BCUT2D eigenvalue weighted by molar-refractivity contribution is 7.98. The predicted octanol–water partition coefficient (Wildman–Crippen LogP) is 3.01. The highest BCUT2D eigenvalue weighted by Crippen LogP contribution is 2.39. The number of amides is 1. The van der Waals surface area contributed by atoms with Crippen molar-refractivity contribution in [3.8, 4) is 6.07 Å². The van der Waals surface area contributed by atoms with Gasteiger partial charge >= 0.3 is 0 Å². The van der Waals surface area contributed by atoms with Crippen LogP contribution in [0.1, 0.15) is 54.9 Å². The number of hydrogen-bond acceptors (Lipinski definition) is 4. The van der Waals surface area contributed by atoms with Crippen LogP contribution in [0.2, 0.25) is 0 Å². The second-order valence-corrected chi connectivity index (χ2v) is 7.67. The van der Waals surface area contributed by atoms with Gasteiger partial charge in [-0.05, 0) is 43.4 Å². The van der Waals surface area contributed by atoms with E-state index in [4.69, 9.17) is 0 Å². The molecule has 24 heavy (non-hydrogen) atoms. The van der Waals surface area contributed by atoms with E-state index in [1.54, 1.807) is 6.26 Å². The van der Waals surface area contributed by atoms with Gasteiger partial charge in [0.1, 0.15) is 11.6 Å². The number of nitriles is 1. The zero-order valence-corrected chi connectivity index (χ0v) is 15.0. The molecule has 1 aromatic heterocycles. The number of aromatic nitrogens is 1. The van der Waals surface area contributed by atoms with Crippen LogP contribution in [0.3, 0.4) is 0 Å². The molecule has 1 saturated heterocycles. The van der Waals surface area contributed by atoms with E-state index in [0.29, 0.717) is 29.0 Å². The molecule has 128 valence electrons. The quantitative estimate of drug-likeness (QED) is 0.836. The first kappa shape index (κ1) is 17.1. The summed E-state index contributed by atoms with van der Waals surface area (Å²) in [5.41, 5.74) is 0.0635. The number of carbonyl (C=O) groups excluding carboxylic acids is 1. The highest BCUT2D eigenvalue weighted by atomic mass is 32.2. The molecule has 3 rings (SSSR count). The van der Waals surface area contributed by atoms with Crippen LogP contribution in [-0.2, 0) is 0 Å². The number of aromatic amines is 1. The van der Waals surface area contributed by atoms with Crippen LogP contribution in [0.15, 0.2) is 15.9 Å². The van der Waals surface area contributed by atoms with Crippen molar-refractivity contribution < 1.29 is 4.79 Å². The molecule has 1 amide bonds. The molecule has 1 N–H and O–H groups in total. The molecular formula is C18H23N3O2S. The van der Waals surface area contributed by atoms with E-state index >= 15 is 0 Å². The molecular weight excluding hydrogens is 322 g/mol. The molecule has 2 fully saturated rings. The highest BCUT2D eigenvalue weighted by Gasteiger charge is 2.40. The minimum atomic E-state index is -0.394. The van der Waals surface area contributed by atoms with Crippen molar-refractivity contribution in [2.45, 2.75) is 50.1 Å². The summed E-state index contributed by atoms with van der Waals surface area (Å²) in [6.07, 6.45) is 7.34. The Balaban J connectivity index is 1.94. The number of pyridine rings is 1. The maximum absolute atomic E-state index is 13.0. The summed E-state index contributed by atoms with van der Waals surface area (Å²) in [6.45, 7) is 2.98. The Kier molecular flexibility index (Phi) is 5.00. The first-order chi connectivity index (χ1) is 11.6. The molecule has 2 heterocycles. The molecule has 1 aliphatic heterocycles. The van der Waals surface area contributed by atoms with E-state index < -0.39 is 5.56 Å². The number of carbonyl (C=O) groups is 1. The number of piperidine rings is 1. The van der Waals surface area contributed by atoms with Gasteiger partial charge in [0.2, 0.25) is 0 Å². The Hall–Kier alpha value is -1.74. The average Bonchev–Trinajstić information content (AvgIpc) is 2.61. The Morgan fingerprint density at radius 2 is 2.12 bits per heavy atom. The van der Waals surface area contributed by atoms with E-state index in [0.717, 1.165) is 19.3 Å². The second kappa shape index (κ2) is 7.02. The number of hydrogen-bond donors (Lipinski definition) is 1. The van der Waals surface area contributed by atoms with E-state index in [9.17, 15) is 14.9 Å². The minimum Gasteiger partial charge on any atom is -0.335 e. The molecule has 0 aromatic carbocycles. The lowest BCUT2D eigenvalue weighted by Gasteiger charge is -2.47. The Morgan fingerprint density at radius 3 is 2.83 bits per heavy atom. The van der Waals surface area contributed by atoms with Gasteiger partial charge in [0, 0.05) is 12.6 Å². The summed E-state index contributed by atoms with van der Waals surface area (Å²) in [7, 11) is 0. The molecule has 0 spiro atoms. The SMILES string of the molecule is CSc1[nH]c(=O)c(C(=O)N2CC[C@H](C)[C@@H]3CCCC[C@@H]32)cc1C#N. The normalized spacial score (nSPS) is 26.5. The first-order valence-corrected chi connectivity index (χ1v) is 9.81. The molecule has 1 saturated carbocycles. The number of nitrogens with one attached hydrogen (secondary N) is 1. The standard InChI is InChI=1S/C18H23N3O2S/c1-11-7-8-21(15-6-4-3-5-13(11)15)18(23)14-9-12(10-19)17(24-2)20-16(14)22/h9,11,13,15H,3-8H2,1-2H3,(H,20,22)/t11-,13-,15-/m0/s1. The van der Waals surface area contributed by atoms with Gasteiger partial charge in [-0.1, -0.05) is 19.8 Å². The van der Waals surface area contributed by atoms with Crippen LogP contribution in [0.5, 0.6) is 0 Å². The third-order valence-corrected chi connectivity index (χ3v) is 6.29. The molecule has 0 unspecified atom stereocenters. The van der Waals surface area contributed by atoms with Crippen LogP contribution in [0.4, 0.5) is 0 Å². The minimum absolute atomic E-state index is 0.100. The van der Waals surface area contributed by atoms with E-state index in [-0.39, 0.29) is 17.5 Å². The average molecular weight is 345 g/mol. The fourth-order valence-electron chi connectivity index (χ4n) is 4.24. The van der Waals surface area contributed by atoms with E-state index in [1.807, 2.05) is 4.90 Å². The van der Waals surface area contributed by atoms with Gasteiger partial charge in [-0.15, -0.1) is 11.8 Å². The van der Waals surface area contributed by atoms with Gasteiger partial charge in [-0.25, -0.2) is 0 Å². The van der Waals surface area contributed by atoms with Crippen LogP contribution >= 0.6 is 11.8 Å². The van der Waals surface area contributed by atoms with Gasteiger partial charge in [0.15, 0.2) is 0 Å². The topological polar surface area (TPSA) is 77.0 Å². The van der Waals surface area contributed by atoms with Crippen molar-refractivity contribution in [3.63, 3.8) is 0 Å². The van der Waals surface area contributed by atoms with Crippen molar-refractivity contribution in [2.24, 2.45) is 11.8 Å². The van der Waals surface area contributed by atoms with Gasteiger partial charge < -0.3 is 9.88 Å². The van der Waals surface area contributed by atoms with Gasteiger partial charge in [0.05, 0.1) is 10.6 Å². The van der Waals surface area contributed by atoms with Crippen molar-refractivity contribution in [3.05, 3.63) is 27.5 Å². The van der Waals surface area contributed by atoms with Gasteiger partial charge in [-0.2, -0.15) is 5.26 Å². The Labute approximate surface area is 146 Å². The van der Waals surface area contributed by atoms with Gasteiger partial charge in [0.25, 0.3) is 11.5 Å². The Bertz CT molecular complexity index is 737. The number of thioether (sulfide) groups is 1. The third kappa shape index (κ3) is 2.98. The maximum atomic E-state index is 13.0.